The minimum absolute atomic E-state index is 0. The number of anilines is 2. The van der Waals surface area contributed by atoms with Gasteiger partial charge in [-0.25, -0.2) is 25.3 Å². The van der Waals surface area contributed by atoms with Gasteiger partial charge < -0.3 is 24.1 Å². The van der Waals surface area contributed by atoms with Gasteiger partial charge in [-0.3, -0.25) is 0 Å². The first-order valence-corrected chi connectivity index (χ1v) is 16.4. The first kappa shape index (κ1) is 42.1. The zero-order valence-electron chi connectivity index (χ0n) is 24.0. The Balaban J connectivity index is 0.00000256. The standard InChI is InChI=1S/C23H14Cl2N6O10S3.3Na/c24-21-27-22(25)29-23(28-21)26-15-9-12(42(33,34)35)7-11-8-16(43(36,37)38)18(19(32)17(11)15)31-30-14-6-5-10-3-1-2-4-13(10)20(14)44(39,40)41;;;/h1-9,32H,(H,33,34,35)(H,36,37,38)(H,39,40,41)(H,26,27,28,29);;;/q;3*+1/p-3. The molecular weight excluding hydrogens is 756 g/mol. The number of fused-ring (bicyclic) bond motifs is 2. The van der Waals surface area contributed by atoms with E-state index >= 15 is 0 Å². The molecule has 0 spiro atoms. The van der Waals surface area contributed by atoms with E-state index in [-0.39, 0.29) is 94.1 Å². The number of aromatic hydroxyl groups is 1. The van der Waals surface area contributed by atoms with Gasteiger partial charge >= 0.3 is 88.7 Å². The second-order valence-electron chi connectivity index (χ2n) is 8.66. The minimum Gasteiger partial charge on any atom is -0.744 e. The van der Waals surface area contributed by atoms with Crippen LogP contribution in [0.25, 0.3) is 21.5 Å². The summed E-state index contributed by atoms with van der Waals surface area (Å²) in [6.07, 6.45) is 0. The van der Waals surface area contributed by atoms with Gasteiger partial charge in [0.25, 0.3) is 0 Å². The van der Waals surface area contributed by atoms with Crippen molar-refractivity contribution in [1.82, 2.24) is 15.0 Å². The van der Waals surface area contributed by atoms with Crippen LogP contribution in [0.15, 0.2) is 79.5 Å². The Kier molecular flexibility index (Phi) is 14.2. The van der Waals surface area contributed by atoms with Gasteiger partial charge in [0.1, 0.15) is 41.7 Å². The molecule has 0 saturated heterocycles. The predicted molar refractivity (Wildman–Crippen MR) is 151 cm³/mol. The SMILES string of the molecule is O=S(=O)([O-])c1cc(Nc2nc(Cl)nc(Cl)n2)c2c(O)c(N=Nc3ccc4ccccc4c3S(=O)(=O)[O-])c(S(=O)(=O)[O-])cc2c1.[Na+].[Na+].[Na+]. The summed E-state index contributed by atoms with van der Waals surface area (Å²) in [6, 6.07) is 10.4. The number of benzene rings is 4. The van der Waals surface area contributed by atoms with Crippen molar-refractivity contribution in [2.75, 3.05) is 5.32 Å². The number of phenols is 1. The summed E-state index contributed by atoms with van der Waals surface area (Å²) in [5, 5.41) is 19.6. The molecule has 47 heavy (non-hydrogen) atoms. The molecule has 228 valence electrons. The molecule has 2 N–H and O–H groups in total. The number of hydrogen-bond donors (Lipinski definition) is 2. The molecule has 5 rings (SSSR count). The summed E-state index contributed by atoms with van der Waals surface area (Å²) >= 11 is 11.5. The largest absolute Gasteiger partial charge is 1.00 e. The Morgan fingerprint density at radius 1 is 0.723 bits per heavy atom. The van der Waals surface area contributed by atoms with E-state index in [4.69, 9.17) is 23.2 Å². The molecule has 0 saturated carbocycles. The van der Waals surface area contributed by atoms with Gasteiger partial charge in [0.2, 0.25) is 16.5 Å². The van der Waals surface area contributed by atoms with Crippen molar-refractivity contribution >= 4 is 98.1 Å². The molecule has 0 amide bonds. The summed E-state index contributed by atoms with van der Waals surface area (Å²) in [5.74, 6) is -1.52. The minimum atomic E-state index is -5.52. The van der Waals surface area contributed by atoms with Crippen molar-refractivity contribution in [3.63, 3.8) is 0 Å². The van der Waals surface area contributed by atoms with E-state index in [1.165, 1.54) is 24.3 Å². The molecule has 5 aromatic rings. The van der Waals surface area contributed by atoms with Crippen molar-refractivity contribution in [1.29, 1.82) is 0 Å². The predicted octanol–water partition coefficient (Wildman–Crippen LogP) is -4.93. The second kappa shape index (κ2) is 15.9. The summed E-state index contributed by atoms with van der Waals surface area (Å²) in [6.45, 7) is 0. The summed E-state index contributed by atoms with van der Waals surface area (Å²) < 4.78 is 109. The van der Waals surface area contributed by atoms with Gasteiger partial charge in [-0.2, -0.15) is 15.0 Å². The van der Waals surface area contributed by atoms with Crippen molar-refractivity contribution in [3.05, 3.63) is 65.2 Å². The molecule has 0 aliphatic rings. The number of nitrogens with zero attached hydrogens (tertiary/aromatic N) is 5. The van der Waals surface area contributed by atoms with Crippen LogP contribution in [-0.4, -0.2) is 59.0 Å². The smallest absolute Gasteiger partial charge is 0.744 e. The quantitative estimate of drug-likeness (QED) is 0.0893. The number of azo groups is 1. The van der Waals surface area contributed by atoms with Gasteiger partial charge in [0.15, 0.2) is 5.75 Å². The maximum atomic E-state index is 12.2. The van der Waals surface area contributed by atoms with E-state index in [2.05, 4.69) is 30.5 Å². The van der Waals surface area contributed by atoms with Gasteiger partial charge in [-0.1, -0.05) is 30.3 Å². The van der Waals surface area contributed by atoms with Crippen LogP contribution < -0.4 is 94.0 Å². The van der Waals surface area contributed by atoms with E-state index in [9.17, 15) is 44.0 Å². The fourth-order valence-electron chi connectivity index (χ4n) is 4.17. The Hall–Kier alpha value is -1.08. The zero-order chi connectivity index (χ0) is 32.2. The average Bonchev–Trinajstić information content (AvgIpc) is 2.89. The molecule has 0 fully saturated rings. The molecule has 0 bridgehead atoms. The number of rotatable bonds is 7. The van der Waals surface area contributed by atoms with E-state index in [0.717, 1.165) is 12.1 Å². The van der Waals surface area contributed by atoms with Crippen LogP contribution in [0.3, 0.4) is 0 Å². The van der Waals surface area contributed by atoms with Crippen LogP contribution in [0, 0.1) is 0 Å². The molecule has 16 nitrogen and oxygen atoms in total. The van der Waals surface area contributed by atoms with Gasteiger partial charge in [-0.15, -0.1) is 10.2 Å². The van der Waals surface area contributed by atoms with Crippen molar-refractivity contribution in [2.45, 2.75) is 14.7 Å². The number of aromatic nitrogens is 3. The van der Waals surface area contributed by atoms with Crippen molar-refractivity contribution < 1.29 is 133 Å². The van der Waals surface area contributed by atoms with E-state index in [1.807, 2.05) is 0 Å². The third-order valence-corrected chi connectivity index (χ3v) is 8.81. The van der Waals surface area contributed by atoms with E-state index < -0.39 is 95.1 Å². The van der Waals surface area contributed by atoms with E-state index in [0.29, 0.717) is 17.5 Å². The first-order valence-electron chi connectivity index (χ1n) is 11.4. The monoisotopic (exact) mass is 766 g/mol. The second-order valence-corrected chi connectivity index (χ2v) is 13.4. The average molecular weight is 767 g/mol. The van der Waals surface area contributed by atoms with Crippen molar-refractivity contribution in [2.24, 2.45) is 10.2 Å². The zero-order valence-corrected chi connectivity index (χ0v) is 34.0. The Labute approximate surface area is 342 Å². The molecule has 24 heteroatoms. The molecule has 0 unspecified atom stereocenters. The van der Waals surface area contributed by atoms with Gasteiger partial charge in [0, 0.05) is 10.8 Å². The molecule has 1 heterocycles. The van der Waals surface area contributed by atoms with Crippen LogP contribution in [0.2, 0.25) is 10.6 Å². The molecule has 0 aliphatic carbocycles. The topological polar surface area (TPSA) is 267 Å². The molecule has 0 aliphatic heterocycles. The van der Waals surface area contributed by atoms with E-state index in [1.54, 1.807) is 6.07 Å². The molecule has 1 aromatic heterocycles. The number of halogens is 2. The molecular formula is C23H11Cl2N6Na3O10S3. The molecule has 0 radical (unpaired) electrons. The van der Waals surface area contributed by atoms with Crippen molar-refractivity contribution in [3.8, 4) is 5.75 Å². The van der Waals surface area contributed by atoms with Gasteiger partial charge in [0.05, 0.1) is 20.4 Å². The fourth-order valence-corrected chi connectivity index (χ4v) is 6.53. The normalized spacial score (nSPS) is 11.9. The third-order valence-electron chi connectivity index (χ3n) is 5.88. The Morgan fingerprint density at radius 2 is 1.34 bits per heavy atom. The van der Waals surface area contributed by atoms with Crippen LogP contribution in [0.1, 0.15) is 0 Å². The first-order chi connectivity index (χ1) is 20.4. The van der Waals surface area contributed by atoms with Crippen LogP contribution >= 0.6 is 23.2 Å². The maximum Gasteiger partial charge on any atom is 1.00 e. The fraction of sp³-hybridized carbons (Fsp3) is 0. The van der Waals surface area contributed by atoms with Crippen LogP contribution in [0.5, 0.6) is 5.75 Å². The summed E-state index contributed by atoms with van der Waals surface area (Å²) in [5.41, 5.74) is -2.02. The molecule has 4 aromatic carbocycles. The third kappa shape index (κ3) is 9.38. The number of hydrogen-bond acceptors (Lipinski definition) is 16. The van der Waals surface area contributed by atoms with Crippen LogP contribution in [0.4, 0.5) is 23.0 Å². The van der Waals surface area contributed by atoms with Gasteiger partial charge in [-0.05, 0) is 58.2 Å². The summed E-state index contributed by atoms with van der Waals surface area (Å²) in [4.78, 5) is 8.03. The molecule has 0 atom stereocenters. The maximum absolute atomic E-state index is 12.2. The number of phenolic OH excluding ortho intramolecular Hbond substituents is 1. The number of nitrogens with one attached hydrogen (secondary N) is 1. The van der Waals surface area contributed by atoms with Crippen LogP contribution in [-0.2, 0) is 30.4 Å². The Bertz CT molecular complexity index is 2390. The summed E-state index contributed by atoms with van der Waals surface area (Å²) in [7, 11) is -15.9. The Morgan fingerprint density at radius 3 is 1.91 bits per heavy atom.